The Labute approximate surface area is 116 Å². The van der Waals surface area contributed by atoms with Crippen molar-refractivity contribution in [1.82, 2.24) is 0 Å². The highest BCUT2D eigenvalue weighted by molar-refractivity contribution is 7.10. The van der Waals surface area contributed by atoms with Crippen LogP contribution in [0.4, 0.5) is 4.39 Å². The number of benzene rings is 1. The molecule has 1 nitrogen and oxygen atoms in total. The highest BCUT2D eigenvalue weighted by atomic mass is 32.1. The van der Waals surface area contributed by atoms with E-state index in [1.807, 2.05) is 11.4 Å². The standard InChI is InChI=1S/C16H15FOS/c1-10-5-6-11(9-14(10)17)16(18)13-3-2-4-15-12(13)7-8-19-15/h5-9,13H,2-4H2,1H3. The van der Waals surface area contributed by atoms with Crippen LogP contribution in [0.5, 0.6) is 0 Å². The summed E-state index contributed by atoms with van der Waals surface area (Å²) in [6.07, 6.45) is 2.98. The first kappa shape index (κ1) is 12.5. The molecule has 0 radical (unpaired) electrons. The van der Waals surface area contributed by atoms with E-state index in [0.717, 1.165) is 24.8 Å². The van der Waals surface area contributed by atoms with E-state index >= 15 is 0 Å². The number of rotatable bonds is 2. The highest BCUT2D eigenvalue weighted by Crippen LogP contribution is 2.37. The minimum Gasteiger partial charge on any atom is -0.293 e. The van der Waals surface area contributed by atoms with Gasteiger partial charge < -0.3 is 0 Å². The lowest BCUT2D eigenvalue weighted by molar-refractivity contribution is 0.0951. The first-order valence-corrected chi connectivity index (χ1v) is 7.41. The third-order valence-corrected chi connectivity index (χ3v) is 4.82. The lowest BCUT2D eigenvalue weighted by Gasteiger charge is -2.21. The summed E-state index contributed by atoms with van der Waals surface area (Å²) in [7, 11) is 0. The van der Waals surface area contributed by atoms with Crippen LogP contribution in [0, 0.1) is 12.7 Å². The molecule has 1 aromatic heterocycles. The van der Waals surface area contributed by atoms with E-state index in [-0.39, 0.29) is 17.5 Å². The molecule has 1 heterocycles. The van der Waals surface area contributed by atoms with Gasteiger partial charge in [-0.05, 0) is 54.8 Å². The minimum absolute atomic E-state index is 0.0539. The predicted molar refractivity (Wildman–Crippen MR) is 75.5 cm³/mol. The molecule has 0 spiro atoms. The number of Topliss-reactive ketones (excluding diaryl/α,β-unsaturated/α-hetero) is 1. The van der Waals surface area contributed by atoms with Crippen molar-refractivity contribution < 1.29 is 9.18 Å². The van der Waals surface area contributed by atoms with Gasteiger partial charge >= 0.3 is 0 Å². The van der Waals surface area contributed by atoms with Crippen LogP contribution in [0.2, 0.25) is 0 Å². The lowest BCUT2D eigenvalue weighted by atomic mass is 9.82. The number of hydrogen-bond donors (Lipinski definition) is 0. The van der Waals surface area contributed by atoms with Crippen molar-refractivity contribution in [3.05, 3.63) is 57.0 Å². The van der Waals surface area contributed by atoms with Gasteiger partial charge in [0.05, 0.1) is 0 Å². The fraction of sp³-hybridized carbons (Fsp3) is 0.312. The Morgan fingerprint density at radius 1 is 1.37 bits per heavy atom. The molecule has 0 amide bonds. The molecule has 3 heteroatoms. The monoisotopic (exact) mass is 274 g/mol. The number of ketones is 1. The number of carbonyl (C=O) groups is 1. The average Bonchev–Trinajstić information content (AvgIpc) is 2.89. The summed E-state index contributed by atoms with van der Waals surface area (Å²) >= 11 is 1.72. The van der Waals surface area contributed by atoms with Crippen LogP contribution in [-0.2, 0) is 6.42 Å². The van der Waals surface area contributed by atoms with Crippen LogP contribution < -0.4 is 0 Å². The minimum atomic E-state index is -0.299. The number of aryl methyl sites for hydroxylation is 2. The SMILES string of the molecule is Cc1ccc(C(=O)C2CCCc3sccc32)cc1F. The normalized spacial score (nSPS) is 18.1. The molecule has 0 saturated carbocycles. The Balaban J connectivity index is 1.95. The summed E-state index contributed by atoms with van der Waals surface area (Å²) in [5.74, 6) is -0.331. The topological polar surface area (TPSA) is 17.1 Å². The van der Waals surface area contributed by atoms with Crippen LogP contribution in [-0.4, -0.2) is 5.78 Å². The van der Waals surface area contributed by atoms with E-state index in [9.17, 15) is 9.18 Å². The van der Waals surface area contributed by atoms with Crippen molar-refractivity contribution >= 4 is 17.1 Å². The van der Waals surface area contributed by atoms with Crippen LogP contribution >= 0.6 is 11.3 Å². The van der Waals surface area contributed by atoms with Gasteiger partial charge in [0.25, 0.3) is 0 Å². The molecule has 0 bridgehead atoms. The van der Waals surface area contributed by atoms with E-state index in [0.29, 0.717) is 11.1 Å². The molecule has 0 saturated heterocycles. The molecule has 1 aliphatic carbocycles. The van der Waals surface area contributed by atoms with Crippen molar-refractivity contribution in [2.75, 3.05) is 0 Å². The third kappa shape index (κ3) is 2.23. The average molecular weight is 274 g/mol. The zero-order valence-corrected chi connectivity index (χ0v) is 11.6. The van der Waals surface area contributed by atoms with Gasteiger partial charge in [-0.15, -0.1) is 11.3 Å². The maximum Gasteiger partial charge on any atom is 0.170 e. The van der Waals surface area contributed by atoms with Crippen molar-refractivity contribution in [2.24, 2.45) is 0 Å². The summed E-state index contributed by atoms with van der Waals surface area (Å²) in [6, 6.07) is 6.84. The molecule has 3 rings (SSSR count). The quantitative estimate of drug-likeness (QED) is 0.737. The molecule has 0 N–H and O–H groups in total. The number of fused-ring (bicyclic) bond motifs is 1. The summed E-state index contributed by atoms with van der Waals surface area (Å²) in [5, 5.41) is 2.05. The van der Waals surface area contributed by atoms with Gasteiger partial charge in [0.1, 0.15) is 5.82 Å². The second kappa shape index (κ2) is 4.89. The molecular formula is C16H15FOS. The zero-order valence-electron chi connectivity index (χ0n) is 10.8. The lowest BCUT2D eigenvalue weighted by Crippen LogP contribution is -2.17. The van der Waals surface area contributed by atoms with Crippen molar-refractivity contribution in [2.45, 2.75) is 32.1 Å². The summed E-state index contributed by atoms with van der Waals surface area (Å²) < 4.78 is 13.6. The van der Waals surface area contributed by atoms with Gasteiger partial charge in [0.15, 0.2) is 5.78 Å². The zero-order chi connectivity index (χ0) is 13.4. The van der Waals surface area contributed by atoms with E-state index in [4.69, 9.17) is 0 Å². The number of thiophene rings is 1. The molecular weight excluding hydrogens is 259 g/mol. The Kier molecular flexibility index (Phi) is 3.23. The Hall–Kier alpha value is -1.48. The van der Waals surface area contributed by atoms with Crippen molar-refractivity contribution in [3.63, 3.8) is 0 Å². The van der Waals surface area contributed by atoms with E-state index in [1.54, 1.807) is 30.4 Å². The number of carbonyl (C=O) groups excluding carboxylic acids is 1. The summed E-state index contributed by atoms with van der Waals surface area (Å²) in [4.78, 5) is 13.9. The highest BCUT2D eigenvalue weighted by Gasteiger charge is 2.28. The molecule has 0 aliphatic heterocycles. The molecule has 1 atom stereocenters. The molecule has 0 fully saturated rings. The second-order valence-corrected chi connectivity index (χ2v) is 6.07. The largest absolute Gasteiger partial charge is 0.293 e. The number of halogens is 1. The van der Waals surface area contributed by atoms with Gasteiger partial charge in [-0.1, -0.05) is 12.1 Å². The van der Waals surface area contributed by atoms with Crippen LogP contribution in [0.25, 0.3) is 0 Å². The van der Waals surface area contributed by atoms with Crippen LogP contribution in [0.15, 0.2) is 29.6 Å². The van der Waals surface area contributed by atoms with Crippen LogP contribution in [0.3, 0.4) is 0 Å². The maximum atomic E-state index is 13.6. The van der Waals surface area contributed by atoms with E-state index < -0.39 is 0 Å². The Morgan fingerprint density at radius 2 is 2.21 bits per heavy atom. The van der Waals surface area contributed by atoms with Gasteiger partial charge in [-0.3, -0.25) is 4.79 Å². The molecule has 2 aromatic rings. The molecule has 1 unspecified atom stereocenters. The molecule has 1 aromatic carbocycles. The van der Waals surface area contributed by atoms with E-state index in [1.165, 1.54) is 10.9 Å². The molecule has 1 aliphatic rings. The van der Waals surface area contributed by atoms with Crippen LogP contribution in [0.1, 0.15) is 45.1 Å². The molecule has 19 heavy (non-hydrogen) atoms. The Bertz CT molecular complexity index is 629. The number of hydrogen-bond acceptors (Lipinski definition) is 2. The van der Waals surface area contributed by atoms with Crippen molar-refractivity contribution in [3.8, 4) is 0 Å². The van der Waals surface area contributed by atoms with Gasteiger partial charge in [-0.2, -0.15) is 0 Å². The second-order valence-electron chi connectivity index (χ2n) is 5.07. The van der Waals surface area contributed by atoms with Gasteiger partial charge in [0, 0.05) is 16.4 Å². The summed E-state index contributed by atoms with van der Waals surface area (Å²) in [5.41, 5.74) is 2.23. The fourth-order valence-electron chi connectivity index (χ4n) is 2.71. The fourth-order valence-corrected chi connectivity index (χ4v) is 3.69. The van der Waals surface area contributed by atoms with Crippen molar-refractivity contribution in [1.29, 1.82) is 0 Å². The first-order valence-electron chi connectivity index (χ1n) is 6.53. The first-order chi connectivity index (χ1) is 9.16. The van der Waals surface area contributed by atoms with E-state index in [2.05, 4.69) is 0 Å². The predicted octanol–water partition coefficient (Wildman–Crippen LogP) is 4.50. The third-order valence-electron chi connectivity index (χ3n) is 3.82. The maximum absolute atomic E-state index is 13.6. The summed E-state index contributed by atoms with van der Waals surface area (Å²) in [6.45, 7) is 1.71. The van der Waals surface area contributed by atoms with Gasteiger partial charge in [0.2, 0.25) is 0 Å². The smallest absolute Gasteiger partial charge is 0.170 e. The Morgan fingerprint density at radius 3 is 3.00 bits per heavy atom. The molecule has 98 valence electrons. The van der Waals surface area contributed by atoms with Gasteiger partial charge in [-0.25, -0.2) is 4.39 Å².